The van der Waals surface area contributed by atoms with Crippen LogP contribution in [0.3, 0.4) is 0 Å². The van der Waals surface area contributed by atoms with Crippen molar-refractivity contribution in [3.63, 3.8) is 0 Å². The van der Waals surface area contributed by atoms with E-state index in [1.807, 2.05) is 0 Å². The standard InChI is InChI=1S/C14H10BrF4NS/c15-12-7-9(1-6-13(12)16)8-20-10-2-4-11(5-3-10)21-14(17,18)19/h1-7,20H,8H2. The van der Waals surface area contributed by atoms with E-state index in [0.29, 0.717) is 16.7 Å². The minimum absolute atomic E-state index is 0.137. The molecule has 0 atom stereocenters. The molecule has 0 aliphatic carbocycles. The average molecular weight is 380 g/mol. The number of halogens is 5. The molecule has 1 N–H and O–H groups in total. The largest absolute Gasteiger partial charge is 0.446 e. The fourth-order valence-electron chi connectivity index (χ4n) is 1.63. The normalized spacial score (nSPS) is 11.5. The molecule has 0 saturated carbocycles. The zero-order chi connectivity index (χ0) is 15.5. The second kappa shape index (κ2) is 6.70. The molecule has 1 nitrogen and oxygen atoms in total. The van der Waals surface area contributed by atoms with E-state index < -0.39 is 5.51 Å². The number of anilines is 1. The Hall–Kier alpha value is -1.21. The molecule has 0 aliphatic rings. The van der Waals surface area contributed by atoms with Gasteiger partial charge in [0.25, 0.3) is 0 Å². The van der Waals surface area contributed by atoms with Gasteiger partial charge in [-0.3, -0.25) is 0 Å². The predicted molar refractivity (Wildman–Crippen MR) is 79.8 cm³/mol. The van der Waals surface area contributed by atoms with Crippen molar-refractivity contribution in [2.75, 3.05) is 5.32 Å². The fraction of sp³-hybridized carbons (Fsp3) is 0.143. The van der Waals surface area contributed by atoms with Crippen LogP contribution in [0.15, 0.2) is 51.8 Å². The van der Waals surface area contributed by atoms with E-state index in [1.54, 1.807) is 24.3 Å². The first-order valence-electron chi connectivity index (χ1n) is 5.87. The Morgan fingerprint density at radius 3 is 2.29 bits per heavy atom. The van der Waals surface area contributed by atoms with Crippen molar-refractivity contribution in [3.8, 4) is 0 Å². The van der Waals surface area contributed by atoms with Crippen molar-refractivity contribution >= 4 is 33.4 Å². The van der Waals surface area contributed by atoms with E-state index in [0.717, 1.165) is 5.56 Å². The van der Waals surface area contributed by atoms with Crippen molar-refractivity contribution in [3.05, 3.63) is 58.3 Å². The van der Waals surface area contributed by atoms with Gasteiger partial charge in [-0.15, -0.1) is 0 Å². The maximum Gasteiger partial charge on any atom is 0.446 e. The highest BCUT2D eigenvalue weighted by molar-refractivity contribution is 9.10. The van der Waals surface area contributed by atoms with Crippen LogP contribution < -0.4 is 5.32 Å². The van der Waals surface area contributed by atoms with Crippen molar-refractivity contribution in [2.45, 2.75) is 16.9 Å². The SMILES string of the molecule is Fc1ccc(CNc2ccc(SC(F)(F)F)cc2)cc1Br. The first-order valence-corrected chi connectivity index (χ1v) is 7.48. The lowest BCUT2D eigenvalue weighted by Crippen LogP contribution is -2.01. The maximum absolute atomic E-state index is 13.1. The van der Waals surface area contributed by atoms with Crippen LogP contribution >= 0.6 is 27.7 Å². The summed E-state index contributed by atoms with van der Waals surface area (Å²) in [7, 11) is 0. The van der Waals surface area contributed by atoms with Gasteiger partial charge in [-0.2, -0.15) is 13.2 Å². The van der Waals surface area contributed by atoms with Crippen LogP contribution in [-0.2, 0) is 6.54 Å². The first kappa shape index (κ1) is 16.2. The van der Waals surface area contributed by atoms with Crippen molar-refractivity contribution in [2.24, 2.45) is 0 Å². The summed E-state index contributed by atoms with van der Waals surface area (Å²) in [5.74, 6) is -0.340. The summed E-state index contributed by atoms with van der Waals surface area (Å²) in [6.45, 7) is 0.449. The Kier molecular flexibility index (Phi) is 5.16. The van der Waals surface area contributed by atoms with Crippen molar-refractivity contribution in [1.82, 2.24) is 0 Å². The van der Waals surface area contributed by atoms with Gasteiger partial charge in [-0.05, 0) is 69.7 Å². The van der Waals surface area contributed by atoms with Gasteiger partial charge in [-0.1, -0.05) is 6.07 Å². The number of hydrogen-bond acceptors (Lipinski definition) is 2. The number of benzene rings is 2. The van der Waals surface area contributed by atoms with Gasteiger partial charge in [0, 0.05) is 17.1 Å². The highest BCUT2D eigenvalue weighted by Gasteiger charge is 2.28. The lowest BCUT2D eigenvalue weighted by atomic mass is 10.2. The first-order chi connectivity index (χ1) is 9.83. The molecule has 0 aromatic heterocycles. The van der Waals surface area contributed by atoms with E-state index in [4.69, 9.17) is 0 Å². The van der Waals surface area contributed by atoms with Gasteiger partial charge in [0.15, 0.2) is 0 Å². The number of thioether (sulfide) groups is 1. The van der Waals surface area contributed by atoms with E-state index >= 15 is 0 Å². The van der Waals surface area contributed by atoms with E-state index in [9.17, 15) is 17.6 Å². The van der Waals surface area contributed by atoms with Crippen LogP contribution in [0.2, 0.25) is 0 Å². The quantitative estimate of drug-likeness (QED) is 0.531. The van der Waals surface area contributed by atoms with Crippen LogP contribution in [0.25, 0.3) is 0 Å². The third-order valence-corrected chi connectivity index (χ3v) is 3.92. The van der Waals surface area contributed by atoms with Crippen LogP contribution in [0.4, 0.5) is 23.2 Å². The molecular weight excluding hydrogens is 370 g/mol. The summed E-state index contributed by atoms with van der Waals surface area (Å²) in [6, 6.07) is 10.6. The second-order valence-electron chi connectivity index (χ2n) is 4.17. The molecule has 0 spiro atoms. The summed E-state index contributed by atoms with van der Waals surface area (Å²) in [5, 5.41) is 3.06. The summed E-state index contributed by atoms with van der Waals surface area (Å²) < 4.78 is 50.0. The van der Waals surface area contributed by atoms with Crippen molar-refractivity contribution < 1.29 is 17.6 Å². The molecule has 0 amide bonds. The molecule has 0 saturated heterocycles. The number of hydrogen-bond donors (Lipinski definition) is 1. The van der Waals surface area contributed by atoms with Gasteiger partial charge in [-0.25, -0.2) is 4.39 Å². The van der Waals surface area contributed by atoms with Crippen molar-refractivity contribution in [1.29, 1.82) is 0 Å². The lowest BCUT2D eigenvalue weighted by molar-refractivity contribution is -0.0328. The van der Waals surface area contributed by atoms with Gasteiger partial charge >= 0.3 is 5.51 Å². The van der Waals surface area contributed by atoms with Gasteiger partial charge in [0.05, 0.1) is 4.47 Å². The van der Waals surface area contributed by atoms with E-state index in [1.165, 1.54) is 18.2 Å². The minimum Gasteiger partial charge on any atom is -0.381 e. The second-order valence-corrected chi connectivity index (χ2v) is 6.17. The molecule has 112 valence electrons. The Morgan fingerprint density at radius 2 is 1.71 bits per heavy atom. The lowest BCUT2D eigenvalue weighted by Gasteiger charge is -2.09. The molecule has 2 aromatic carbocycles. The molecule has 0 radical (unpaired) electrons. The fourth-order valence-corrected chi connectivity index (χ4v) is 2.59. The number of nitrogens with one attached hydrogen (secondary N) is 1. The Balaban J connectivity index is 1.96. The molecule has 0 bridgehead atoms. The van der Waals surface area contributed by atoms with Crippen LogP contribution in [0.1, 0.15) is 5.56 Å². The summed E-state index contributed by atoms with van der Waals surface area (Å²) in [5.41, 5.74) is -2.73. The number of alkyl halides is 3. The Bertz CT molecular complexity index is 613. The van der Waals surface area contributed by atoms with Gasteiger partial charge in [0.2, 0.25) is 0 Å². The van der Waals surface area contributed by atoms with Crippen LogP contribution in [0, 0.1) is 5.82 Å². The van der Waals surface area contributed by atoms with Gasteiger partial charge in [0.1, 0.15) is 5.82 Å². The van der Waals surface area contributed by atoms with E-state index in [2.05, 4.69) is 21.2 Å². The predicted octanol–water partition coefficient (Wildman–Crippen LogP) is 5.81. The Morgan fingerprint density at radius 1 is 1.05 bits per heavy atom. The van der Waals surface area contributed by atoms with Crippen LogP contribution in [0.5, 0.6) is 0 Å². The highest BCUT2D eigenvalue weighted by Crippen LogP contribution is 2.37. The molecule has 0 aliphatic heterocycles. The maximum atomic E-state index is 13.1. The molecule has 2 rings (SSSR count). The molecule has 0 heterocycles. The third-order valence-electron chi connectivity index (χ3n) is 2.57. The zero-order valence-corrected chi connectivity index (χ0v) is 12.9. The van der Waals surface area contributed by atoms with Gasteiger partial charge < -0.3 is 5.32 Å². The highest BCUT2D eigenvalue weighted by atomic mass is 79.9. The van der Waals surface area contributed by atoms with E-state index in [-0.39, 0.29) is 22.5 Å². The molecule has 0 fully saturated rings. The monoisotopic (exact) mass is 379 g/mol. The smallest absolute Gasteiger partial charge is 0.381 e. The minimum atomic E-state index is -4.28. The topological polar surface area (TPSA) is 12.0 Å². The Labute approximate surface area is 131 Å². The molecule has 21 heavy (non-hydrogen) atoms. The summed E-state index contributed by atoms with van der Waals surface area (Å²) in [4.78, 5) is 0.137. The summed E-state index contributed by atoms with van der Waals surface area (Å²) in [6.07, 6.45) is 0. The molecular formula is C14H10BrF4NS. The molecule has 2 aromatic rings. The summed E-state index contributed by atoms with van der Waals surface area (Å²) >= 11 is 2.95. The zero-order valence-electron chi connectivity index (χ0n) is 10.5. The average Bonchev–Trinajstić information content (AvgIpc) is 2.40. The molecule has 7 heteroatoms. The third kappa shape index (κ3) is 5.24. The molecule has 0 unspecified atom stereocenters. The van der Waals surface area contributed by atoms with Crippen LogP contribution in [-0.4, -0.2) is 5.51 Å². The number of rotatable bonds is 4.